The molecule has 3 rings (SSSR count). The van der Waals surface area contributed by atoms with Crippen LogP contribution in [0.2, 0.25) is 0 Å². The Balaban J connectivity index is 2.28. The van der Waals surface area contributed by atoms with Gasteiger partial charge in [-0.1, -0.05) is 6.07 Å². The Hall–Kier alpha value is -2.60. The van der Waals surface area contributed by atoms with Crippen LogP contribution >= 0.6 is 0 Å². The molecule has 0 unspecified atom stereocenters. The first-order valence-electron chi connectivity index (χ1n) is 6.59. The quantitative estimate of drug-likeness (QED) is 0.743. The summed E-state index contributed by atoms with van der Waals surface area (Å²) in [6.45, 7) is 0. The summed E-state index contributed by atoms with van der Waals surface area (Å²) in [5.41, 5.74) is 2.30. The van der Waals surface area contributed by atoms with E-state index in [1.165, 1.54) is 6.07 Å². The number of sulfone groups is 1. The molecule has 3 aromatic rings. The van der Waals surface area contributed by atoms with Crippen LogP contribution < -0.4 is 0 Å². The van der Waals surface area contributed by atoms with Gasteiger partial charge in [-0.3, -0.25) is 15.0 Å². The Labute approximate surface area is 128 Å². The monoisotopic (exact) mass is 311 g/mol. The minimum Gasteiger partial charge on any atom is -0.256 e. The third-order valence-electron chi connectivity index (χ3n) is 3.14. The Morgan fingerprint density at radius 3 is 2.14 bits per heavy atom. The van der Waals surface area contributed by atoms with E-state index in [-0.39, 0.29) is 4.90 Å². The molecular formula is C16H13N3O2S. The molecule has 0 spiro atoms. The molecule has 0 atom stereocenters. The maximum absolute atomic E-state index is 12.0. The highest BCUT2D eigenvalue weighted by Gasteiger charge is 2.19. The van der Waals surface area contributed by atoms with E-state index in [1.54, 1.807) is 30.7 Å². The zero-order chi connectivity index (χ0) is 15.6. The first-order valence-corrected chi connectivity index (χ1v) is 8.48. The van der Waals surface area contributed by atoms with Crippen molar-refractivity contribution in [2.45, 2.75) is 4.90 Å². The molecule has 110 valence electrons. The lowest BCUT2D eigenvalue weighted by Crippen LogP contribution is -2.03. The van der Waals surface area contributed by atoms with E-state index in [0.29, 0.717) is 11.4 Å². The molecule has 3 aromatic heterocycles. The third kappa shape index (κ3) is 2.73. The van der Waals surface area contributed by atoms with Crippen LogP contribution in [-0.2, 0) is 9.84 Å². The van der Waals surface area contributed by atoms with Gasteiger partial charge in [0.05, 0.1) is 16.3 Å². The molecule has 0 aliphatic rings. The minimum absolute atomic E-state index is 0.158. The second-order valence-electron chi connectivity index (χ2n) is 4.74. The summed E-state index contributed by atoms with van der Waals surface area (Å²) in [6.07, 6.45) is 6.02. The van der Waals surface area contributed by atoms with Crippen molar-refractivity contribution < 1.29 is 8.42 Å². The maximum atomic E-state index is 12.0. The molecule has 0 aromatic carbocycles. The molecule has 0 N–H and O–H groups in total. The topological polar surface area (TPSA) is 72.8 Å². The van der Waals surface area contributed by atoms with Crippen molar-refractivity contribution in [3.63, 3.8) is 0 Å². The fourth-order valence-corrected chi connectivity index (χ4v) is 3.02. The van der Waals surface area contributed by atoms with Crippen molar-refractivity contribution in [1.82, 2.24) is 15.0 Å². The number of hydrogen-bond acceptors (Lipinski definition) is 5. The van der Waals surface area contributed by atoms with Gasteiger partial charge in [0.25, 0.3) is 0 Å². The van der Waals surface area contributed by atoms with Crippen molar-refractivity contribution in [1.29, 1.82) is 0 Å². The van der Waals surface area contributed by atoms with Gasteiger partial charge in [-0.05, 0) is 36.4 Å². The van der Waals surface area contributed by atoms with E-state index in [0.717, 1.165) is 17.5 Å². The Morgan fingerprint density at radius 2 is 1.45 bits per heavy atom. The van der Waals surface area contributed by atoms with Crippen LogP contribution in [-0.4, -0.2) is 29.6 Å². The minimum atomic E-state index is -3.40. The number of rotatable bonds is 3. The summed E-state index contributed by atoms with van der Waals surface area (Å²) in [5, 5.41) is 0. The van der Waals surface area contributed by atoms with Crippen molar-refractivity contribution in [2.75, 3.05) is 6.26 Å². The summed E-state index contributed by atoms with van der Waals surface area (Å²) in [7, 11) is -3.40. The van der Waals surface area contributed by atoms with E-state index in [2.05, 4.69) is 15.0 Å². The van der Waals surface area contributed by atoms with Gasteiger partial charge in [0.2, 0.25) is 0 Å². The van der Waals surface area contributed by atoms with E-state index >= 15 is 0 Å². The van der Waals surface area contributed by atoms with Gasteiger partial charge in [0, 0.05) is 30.4 Å². The Morgan fingerprint density at radius 1 is 0.773 bits per heavy atom. The SMILES string of the molecule is CS(=O)(=O)c1cccnc1-c1ncccc1-c1ccccn1. The molecule has 6 heteroatoms. The fourth-order valence-electron chi connectivity index (χ4n) is 2.19. The highest BCUT2D eigenvalue weighted by Crippen LogP contribution is 2.31. The average molecular weight is 311 g/mol. The molecule has 0 radical (unpaired) electrons. The van der Waals surface area contributed by atoms with Crippen molar-refractivity contribution in [3.05, 3.63) is 61.1 Å². The van der Waals surface area contributed by atoms with Crippen LogP contribution in [0.15, 0.2) is 66.0 Å². The van der Waals surface area contributed by atoms with Gasteiger partial charge < -0.3 is 0 Å². The van der Waals surface area contributed by atoms with Crippen molar-refractivity contribution >= 4 is 9.84 Å². The molecule has 22 heavy (non-hydrogen) atoms. The lowest BCUT2D eigenvalue weighted by Gasteiger charge is -2.10. The predicted molar refractivity (Wildman–Crippen MR) is 83.8 cm³/mol. The van der Waals surface area contributed by atoms with E-state index < -0.39 is 9.84 Å². The highest BCUT2D eigenvalue weighted by atomic mass is 32.2. The smallest absolute Gasteiger partial charge is 0.177 e. The highest BCUT2D eigenvalue weighted by molar-refractivity contribution is 7.90. The summed E-state index contributed by atoms with van der Waals surface area (Å²) >= 11 is 0. The molecule has 0 aliphatic heterocycles. The Kier molecular flexibility index (Phi) is 3.68. The molecule has 0 aliphatic carbocycles. The van der Waals surface area contributed by atoms with E-state index in [4.69, 9.17) is 0 Å². The Bertz CT molecular complexity index is 909. The van der Waals surface area contributed by atoms with Crippen molar-refractivity contribution in [2.24, 2.45) is 0 Å². The average Bonchev–Trinajstić information content (AvgIpc) is 2.55. The second kappa shape index (κ2) is 5.65. The molecule has 0 bridgehead atoms. The summed E-state index contributed by atoms with van der Waals surface area (Å²) in [4.78, 5) is 13.0. The number of hydrogen-bond donors (Lipinski definition) is 0. The molecule has 0 fully saturated rings. The predicted octanol–water partition coefficient (Wildman–Crippen LogP) is 2.61. The van der Waals surface area contributed by atoms with Crippen LogP contribution in [0.1, 0.15) is 0 Å². The second-order valence-corrected chi connectivity index (χ2v) is 6.72. The number of aromatic nitrogens is 3. The summed E-state index contributed by atoms with van der Waals surface area (Å²) in [5.74, 6) is 0. The molecular weight excluding hydrogens is 298 g/mol. The van der Waals surface area contributed by atoms with Crippen LogP contribution in [0.25, 0.3) is 22.6 Å². The van der Waals surface area contributed by atoms with Crippen LogP contribution in [0.3, 0.4) is 0 Å². The van der Waals surface area contributed by atoms with Gasteiger partial charge in [-0.15, -0.1) is 0 Å². The van der Waals surface area contributed by atoms with Gasteiger partial charge in [0.15, 0.2) is 9.84 Å². The number of nitrogens with zero attached hydrogens (tertiary/aromatic N) is 3. The van der Waals surface area contributed by atoms with Gasteiger partial charge in [-0.25, -0.2) is 8.42 Å². The summed E-state index contributed by atoms with van der Waals surface area (Å²) < 4.78 is 24.0. The molecule has 5 nitrogen and oxygen atoms in total. The van der Waals surface area contributed by atoms with Gasteiger partial charge >= 0.3 is 0 Å². The lowest BCUT2D eigenvalue weighted by molar-refractivity contribution is 0.602. The zero-order valence-electron chi connectivity index (χ0n) is 11.8. The van der Waals surface area contributed by atoms with Crippen LogP contribution in [0.4, 0.5) is 0 Å². The van der Waals surface area contributed by atoms with Gasteiger partial charge in [-0.2, -0.15) is 0 Å². The van der Waals surface area contributed by atoms with Crippen LogP contribution in [0, 0.1) is 0 Å². The standard InChI is InChI=1S/C16H13N3O2S/c1-22(20,21)14-8-5-11-19-16(14)15-12(6-4-10-18-15)13-7-2-3-9-17-13/h2-11H,1H3. The fraction of sp³-hybridized carbons (Fsp3) is 0.0625. The van der Waals surface area contributed by atoms with Gasteiger partial charge in [0.1, 0.15) is 5.69 Å². The van der Waals surface area contributed by atoms with Crippen LogP contribution in [0.5, 0.6) is 0 Å². The van der Waals surface area contributed by atoms with Crippen molar-refractivity contribution in [3.8, 4) is 22.6 Å². The first kappa shape index (κ1) is 14.3. The summed E-state index contributed by atoms with van der Waals surface area (Å²) in [6, 6.07) is 12.3. The molecule has 0 saturated carbocycles. The molecule has 0 saturated heterocycles. The van der Waals surface area contributed by atoms with E-state index in [9.17, 15) is 8.42 Å². The third-order valence-corrected chi connectivity index (χ3v) is 4.27. The maximum Gasteiger partial charge on any atom is 0.177 e. The zero-order valence-corrected chi connectivity index (χ0v) is 12.7. The normalized spacial score (nSPS) is 11.3. The first-order chi connectivity index (χ1) is 10.6. The number of pyridine rings is 3. The largest absolute Gasteiger partial charge is 0.256 e. The van der Waals surface area contributed by atoms with E-state index in [1.807, 2.05) is 24.3 Å². The molecule has 0 amide bonds. The molecule has 3 heterocycles. The lowest BCUT2D eigenvalue weighted by atomic mass is 10.1.